The van der Waals surface area contributed by atoms with Crippen LogP contribution in [0.25, 0.3) is 0 Å². The van der Waals surface area contributed by atoms with Crippen molar-refractivity contribution in [3.8, 4) is 6.07 Å². The molecule has 1 aromatic carbocycles. The number of amides is 1. The predicted octanol–water partition coefficient (Wildman–Crippen LogP) is 0.877. The zero-order valence-corrected chi connectivity index (χ0v) is 15.6. The van der Waals surface area contributed by atoms with E-state index in [0.29, 0.717) is 38.2 Å². The second-order valence-electron chi connectivity index (χ2n) is 6.72. The maximum Gasteiger partial charge on any atom is 0.243 e. The number of piperazine rings is 1. The number of hydrogen-bond acceptors (Lipinski definition) is 5. The number of rotatable bonds is 6. The van der Waals surface area contributed by atoms with E-state index in [4.69, 9.17) is 5.26 Å². The Hall–Kier alpha value is -1.95. The first-order chi connectivity index (χ1) is 12.5. The van der Waals surface area contributed by atoms with Gasteiger partial charge in [0.05, 0.1) is 16.5 Å². The maximum atomic E-state index is 12.7. The molecular formula is C18H24N4O3S. The third-order valence-electron chi connectivity index (χ3n) is 5.03. The summed E-state index contributed by atoms with van der Waals surface area (Å²) in [7, 11) is -3.51. The first kappa shape index (κ1) is 18.8. The molecule has 2 heterocycles. The van der Waals surface area contributed by atoms with Crippen LogP contribution in [0.4, 0.5) is 0 Å². The van der Waals surface area contributed by atoms with Crippen LogP contribution in [0.15, 0.2) is 29.2 Å². The van der Waals surface area contributed by atoms with Crippen molar-refractivity contribution in [3.63, 3.8) is 0 Å². The second kappa shape index (κ2) is 8.16. The molecule has 26 heavy (non-hydrogen) atoms. The molecule has 2 aliphatic rings. The van der Waals surface area contributed by atoms with Crippen LogP contribution in [0.3, 0.4) is 0 Å². The zero-order valence-electron chi connectivity index (χ0n) is 14.8. The van der Waals surface area contributed by atoms with Crippen LogP contribution in [-0.2, 0) is 14.8 Å². The minimum absolute atomic E-state index is 0.234. The van der Waals surface area contributed by atoms with Crippen LogP contribution in [0, 0.1) is 11.3 Å². The van der Waals surface area contributed by atoms with Crippen molar-refractivity contribution in [1.82, 2.24) is 14.1 Å². The number of hydrogen-bond donors (Lipinski definition) is 0. The summed E-state index contributed by atoms with van der Waals surface area (Å²) in [5.41, 5.74) is 0.449. The minimum atomic E-state index is -3.51. The molecule has 0 radical (unpaired) electrons. The van der Waals surface area contributed by atoms with Gasteiger partial charge >= 0.3 is 0 Å². The van der Waals surface area contributed by atoms with Crippen molar-refractivity contribution < 1.29 is 13.2 Å². The monoisotopic (exact) mass is 376 g/mol. The van der Waals surface area contributed by atoms with Crippen molar-refractivity contribution in [2.45, 2.75) is 24.2 Å². The lowest BCUT2D eigenvalue weighted by molar-refractivity contribution is -0.127. The largest absolute Gasteiger partial charge is 0.343 e. The van der Waals surface area contributed by atoms with Crippen LogP contribution < -0.4 is 0 Å². The van der Waals surface area contributed by atoms with Gasteiger partial charge in [-0.15, -0.1) is 0 Å². The summed E-state index contributed by atoms with van der Waals surface area (Å²) in [6.07, 6.45) is 2.56. The van der Waals surface area contributed by atoms with Gasteiger partial charge in [-0.25, -0.2) is 8.42 Å². The Labute approximate surface area is 154 Å². The average Bonchev–Trinajstić information content (AvgIpc) is 3.07. The number of nitriles is 1. The van der Waals surface area contributed by atoms with E-state index in [2.05, 4.69) is 4.90 Å². The first-order valence-corrected chi connectivity index (χ1v) is 10.4. The molecule has 2 fully saturated rings. The number of sulfonamides is 1. The van der Waals surface area contributed by atoms with Crippen LogP contribution >= 0.6 is 0 Å². The predicted molar refractivity (Wildman–Crippen MR) is 96.8 cm³/mol. The molecule has 2 saturated heterocycles. The van der Waals surface area contributed by atoms with Crippen LogP contribution in [-0.4, -0.2) is 74.2 Å². The number of nitrogens with zero attached hydrogens (tertiary/aromatic N) is 4. The van der Waals surface area contributed by atoms with Crippen molar-refractivity contribution in [1.29, 1.82) is 5.26 Å². The molecule has 0 atom stereocenters. The van der Waals surface area contributed by atoms with E-state index in [0.717, 1.165) is 32.5 Å². The highest BCUT2D eigenvalue weighted by Crippen LogP contribution is 2.18. The van der Waals surface area contributed by atoms with E-state index < -0.39 is 10.0 Å². The fourth-order valence-electron chi connectivity index (χ4n) is 3.47. The molecule has 0 aliphatic carbocycles. The minimum Gasteiger partial charge on any atom is -0.343 e. The Morgan fingerprint density at radius 2 is 1.69 bits per heavy atom. The summed E-state index contributed by atoms with van der Waals surface area (Å²) in [4.78, 5) is 16.0. The first-order valence-electron chi connectivity index (χ1n) is 9.01. The van der Waals surface area contributed by atoms with E-state index >= 15 is 0 Å². The zero-order chi connectivity index (χ0) is 18.6. The molecule has 0 aromatic heterocycles. The summed E-state index contributed by atoms with van der Waals surface area (Å²) in [5.74, 6) is 0.253. The van der Waals surface area contributed by atoms with Crippen LogP contribution in [0.2, 0.25) is 0 Å². The molecule has 0 N–H and O–H groups in total. The molecule has 1 aromatic rings. The van der Waals surface area contributed by atoms with E-state index in [-0.39, 0.29) is 10.8 Å². The lowest BCUT2D eigenvalue weighted by Gasteiger charge is -2.34. The Balaban J connectivity index is 1.48. The number of likely N-dealkylation sites (tertiary alicyclic amines) is 1. The van der Waals surface area contributed by atoms with Gasteiger partial charge in [0, 0.05) is 45.7 Å². The van der Waals surface area contributed by atoms with Crippen molar-refractivity contribution in [2.24, 2.45) is 0 Å². The van der Waals surface area contributed by atoms with Gasteiger partial charge < -0.3 is 9.80 Å². The number of carbonyl (C=O) groups is 1. The molecule has 3 rings (SSSR count). The molecule has 0 bridgehead atoms. The van der Waals surface area contributed by atoms with Gasteiger partial charge in [-0.2, -0.15) is 9.57 Å². The Morgan fingerprint density at radius 3 is 2.27 bits per heavy atom. The highest BCUT2D eigenvalue weighted by Gasteiger charge is 2.28. The topological polar surface area (TPSA) is 84.7 Å². The molecule has 7 nitrogen and oxygen atoms in total. The Bertz CT molecular complexity index is 778. The molecule has 0 spiro atoms. The van der Waals surface area contributed by atoms with Gasteiger partial charge in [-0.1, -0.05) is 0 Å². The third-order valence-corrected chi connectivity index (χ3v) is 6.94. The smallest absolute Gasteiger partial charge is 0.243 e. The molecular weight excluding hydrogens is 352 g/mol. The Morgan fingerprint density at radius 1 is 1.00 bits per heavy atom. The Kier molecular flexibility index (Phi) is 5.91. The van der Waals surface area contributed by atoms with E-state index in [1.807, 2.05) is 11.0 Å². The maximum absolute atomic E-state index is 12.7. The standard InChI is InChI=1S/C18H24N4O3S/c19-15-16-4-6-17(7-5-16)26(24,25)22-13-11-20(12-14-22)8-2-10-21-9-1-3-18(21)23/h4-7H,1-3,8-14H2. The van der Waals surface area contributed by atoms with Crippen molar-refractivity contribution in [2.75, 3.05) is 45.8 Å². The molecule has 0 unspecified atom stereocenters. The molecule has 1 amide bonds. The summed E-state index contributed by atoms with van der Waals surface area (Å²) < 4.78 is 26.9. The summed E-state index contributed by atoms with van der Waals surface area (Å²) >= 11 is 0. The highest BCUT2D eigenvalue weighted by atomic mass is 32.2. The van der Waals surface area contributed by atoms with Crippen molar-refractivity contribution in [3.05, 3.63) is 29.8 Å². The number of carbonyl (C=O) groups excluding carboxylic acids is 1. The summed E-state index contributed by atoms with van der Waals surface area (Å²) in [6, 6.07) is 8.04. The van der Waals surface area contributed by atoms with Gasteiger partial charge in [0.1, 0.15) is 0 Å². The van der Waals surface area contributed by atoms with Crippen LogP contribution in [0.1, 0.15) is 24.8 Å². The normalized spacial score (nSPS) is 19.7. The van der Waals surface area contributed by atoms with Crippen molar-refractivity contribution >= 4 is 15.9 Å². The van der Waals surface area contributed by atoms with Gasteiger partial charge in [-0.3, -0.25) is 4.79 Å². The third kappa shape index (κ3) is 4.23. The fourth-order valence-corrected chi connectivity index (χ4v) is 4.89. The van der Waals surface area contributed by atoms with E-state index in [1.165, 1.54) is 28.6 Å². The number of benzene rings is 1. The van der Waals surface area contributed by atoms with E-state index in [1.54, 1.807) is 0 Å². The molecule has 8 heteroatoms. The van der Waals surface area contributed by atoms with E-state index in [9.17, 15) is 13.2 Å². The van der Waals surface area contributed by atoms with Gasteiger partial charge in [0.2, 0.25) is 15.9 Å². The average molecular weight is 376 g/mol. The lowest BCUT2D eigenvalue weighted by atomic mass is 10.2. The van der Waals surface area contributed by atoms with Gasteiger partial charge in [0.15, 0.2) is 0 Å². The SMILES string of the molecule is N#Cc1ccc(S(=O)(=O)N2CCN(CCCN3CCCC3=O)CC2)cc1. The highest BCUT2D eigenvalue weighted by molar-refractivity contribution is 7.89. The lowest BCUT2D eigenvalue weighted by Crippen LogP contribution is -2.49. The summed E-state index contributed by atoms with van der Waals surface area (Å²) in [6.45, 7) is 4.87. The fraction of sp³-hybridized carbons (Fsp3) is 0.556. The van der Waals surface area contributed by atoms with Gasteiger partial charge in [-0.05, 0) is 43.7 Å². The quantitative estimate of drug-likeness (QED) is 0.736. The van der Waals surface area contributed by atoms with Gasteiger partial charge in [0.25, 0.3) is 0 Å². The molecule has 2 aliphatic heterocycles. The second-order valence-corrected chi connectivity index (χ2v) is 8.66. The summed E-state index contributed by atoms with van der Waals surface area (Å²) in [5, 5.41) is 8.83. The van der Waals surface area contributed by atoms with Crippen LogP contribution in [0.5, 0.6) is 0 Å². The molecule has 0 saturated carbocycles. The molecule has 140 valence electrons.